The first-order valence-electron chi connectivity index (χ1n) is 6.01. The summed E-state index contributed by atoms with van der Waals surface area (Å²) in [6.07, 6.45) is 1.02. The third kappa shape index (κ3) is 3.75. The van der Waals surface area contributed by atoms with Gasteiger partial charge in [0, 0.05) is 19.6 Å². The molecule has 2 rings (SSSR count). The fourth-order valence-electron chi connectivity index (χ4n) is 1.83. The van der Waals surface area contributed by atoms with Crippen molar-refractivity contribution in [2.24, 2.45) is 0 Å². The number of nitrogens with zero attached hydrogens (tertiary/aromatic N) is 1. The lowest BCUT2D eigenvalue weighted by atomic mass is 10.2. The second-order valence-corrected chi connectivity index (χ2v) is 4.11. The number of carbonyl (C=O) groups excluding carboxylic acids is 1. The maximum Gasteiger partial charge on any atom is 0.317 e. The lowest BCUT2D eigenvalue weighted by Gasteiger charge is -2.27. The Morgan fingerprint density at radius 3 is 2.88 bits per heavy atom. The average Bonchev–Trinajstić information content (AvgIpc) is 2.38. The lowest BCUT2D eigenvalue weighted by Crippen LogP contribution is -2.47. The molecule has 4 heteroatoms. The van der Waals surface area contributed by atoms with Gasteiger partial charge < -0.3 is 15.0 Å². The van der Waals surface area contributed by atoms with Crippen LogP contribution in [0.25, 0.3) is 0 Å². The number of hydrogen-bond donors (Lipinski definition) is 1. The fourth-order valence-corrected chi connectivity index (χ4v) is 1.83. The number of urea groups is 1. The van der Waals surface area contributed by atoms with Crippen LogP contribution in [0, 0.1) is 0 Å². The molecule has 1 aromatic carbocycles. The molecule has 1 heterocycles. The minimum atomic E-state index is 0.0274. The summed E-state index contributed by atoms with van der Waals surface area (Å²) in [4.78, 5) is 13.2. The molecule has 0 radical (unpaired) electrons. The molecular formula is C13H18N2O2. The van der Waals surface area contributed by atoms with E-state index in [9.17, 15) is 4.79 Å². The molecule has 17 heavy (non-hydrogen) atoms. The normalized spacial score (nSPS) is 15.8. The van der Waals surface area contributed by atoms with Crippen LogP contribution in [0.4, 0.5) is 4.79 Å². The highest BCUT2D eigenvalue weighted by atomic mass is 16.5. The molecule has 0 bridgehead atoms. The maximum absolute atomic E-state index is 11.4. The monoisotopic (exact) mass is 234 g/mol. The van der Waals surface area contributed by atoms with Gasteiger partial charge in [0.2, 0.25) is 0 Å². The van der Waals surface area contributed by atoms with Crippen LogP contribution in [0.15, 0.2) is 30.3 Å². The van der Waals surface area contributed by atoms with Crippen molar-refractivity contribution < 1.29 is 9.53 Å². The van der Waals surface area contributed by atoms with Gasteiger partial charge in [0.25, 0.3) is 0 Å². The van der Waals surface area contributed by atoms with Crippen molar-refractivity contribution in [2.45, 2.75) is 13.0 Å². The van der Waals surface area contributed by atoms with Crippen LogP contribution in [0.1, 0.15) is 12.0 Å². The van der Waals surface area contributed by atoms with Gasteiger partial charge in [0.1, 0.15) is 0 Å². The molecule has 1 aliphatic rings. The van der Waals surface area contributed by atoms with E-state index in [-0.39, 0.29) is 6.03 Å². The van der Waals surface area contributed by atoms with Gasteiger partial charge in [-0.15, -0.1) is 0 Å². The van der Waals surface area contributed by atoms with Crippen LogP contribution in [-0.2, 0) is 11.3 Å². The average molecular weight is 234 g/mol. The van der Waals surface area contributed by atoms with Gasteiger partial charge in [-0.25, -0.2) is 4.79 Å². The van der Waals surface area contributed by atoms with Crippen LogP contribution in [-0.4, -0.2) is 37.2 Å². The smallest absolute Gasteiger partial charge is 0.317 e. The summed E-state index contributed by atoms with van der Waals surface area (Å²) in [6, 6.07) is 10.1. The standard InChI is InChI=1S/C13H18N2O2/c16-13-14-7-4-8-15(13)9-10-17-11-12-5-2-1-3-6-12/h1-3,5-6H,4,7-11H2,(H,14,16). The molecule has 4 nitrogen and oxygen atoms in total. The molecule has 1 aliphatic heterocycles. The van der Waals surface area contributed by atoms with E-state index in [1.165, 1.54) is 0 Å². The summed E-state index contributed by atoms with van der Waals surface area (Å²) < 4.78 is 5.55. The Bertz CT molecular complexity index is 354. The second kappa shape index (κ2) is 6.25. The second-order valence-electron chi connectivity index (χ2n) is 4.11. The molecule has 2 amide bonds. The molecule has 0 aromatic heterocycles. The highest BCUT2D eigenvalue weighted by Gasteiger charge is 2.16. The minimum absolute atomic E-state index is 0.0274. The van der Waals surface area contributed by atoms with Crippen molar-refractivity contribution in [2.75, 3.05) is 26.2 Å². The van der Waals surface area contributed by atoms with Crippen molar-refractivity contribution in [3.63, 3.8) is 0 Å². The van der Waals surface area contributed by atoms with E-state index in [1.54, 1.807) is 4.90 Å². The number of rotatable bonds is 5. The van der Waals surface area contributed by atoms with Gasteiger partial charge >= 0.3 is 6.03 Å². The summed E-state index contributed by atoms with van der Waals surface area (Å²) in [7, 11) is 0. The first kappa shape index (κ1) is 11.9. The molecular weight excluding hydrogens is 216 g/mol. The number of nitrogens with one attached hydrogen (secondary N) is 1. The molecule has 1 fully saturated rings. The van der Waals surface area contributed by atoms with E-state index in [2.05, 4.69) is 5.32 Å². The molecule has 0 aliphatic carbocycles. The molecule has 0 spiro atoms. The number of carbonyl (C=O) groups is 1. The highest BCUT2D eigenvalue weighted by Crippen LogP contribution is 2.02. The predicted octanol–water partition coefficient (Wildman–Crippen LogP) is 1.62. The van der Waals surface area contributed by atoms with Gasteiger partial charge in [-0.05, 0) is 12.0 Å². The van der Waals surface area contributed by atoms with E-state index < -0.39 is 0 Å². The number of ether oxygens (including phenoxy) is 1. The van der Waals surface area contributed by atoms with Gasteiger partial charge in [-0.2, -0.15) is 0 Å². The Morgan fingerprint density at radius 1 is 1.29 bits per heavy atom. The molecule has 1 saturated heterocycles. The minimum Gasteiger partial charge on any atom is -0.375 e. The Balaban J connectivity index is 1.64. The quantitative estimate of drug-likeness (QED) is 0.787. The van der Waals surface area contributed by atoms with Crippen LogP contribution in [0.3, 0.4) is 0 Å². The first-order valence-corrected chi connectivity index (χ1v) is 6.01. The van der Waals surface area contributed by atoms with E-state index in [4.69, 9.17) is 4.74 Å². The molecule has 0 saturated carbocycles. The highest BCUT2D eigenvalue weighted by molar-refractivity contribution is 5.74. The summed E-state index contributed by atoms with van der Waals surface area (Å²) >= 11 is 0. The van der Waals surface area contributed by atoms with Gasteiger partial charge in [0.05, 0.1) is 13.2 Å². The van der Waals surface area contributed by atoms with Crippen molar-refractivity contribution in [1.29, 1.82) is 0 Å². The number of hydrogen-bond acceptors (Lipinski definition) is 2. The summed E-state index contributed by atoms with van der Waals surface area (Å²) in [6.45, 7) is 3.48. The summed E-state index contributed by atoms with van der Waals surface area (Å²) in [5.74, 6) is 0. The Kier molecular flexibility index (Phi) is 4.38. The van der Waals surface area contributed by atoms with E-state index in [0.717, 1.165) is 25.1 Å². The summed E-state index contributed by atoms with van der Waals surface area (Å²) in [5, 5.41) is 2.82. The SMILES string of the molecule is O=C1NCCCN1CCOCc1ccccc1. The van der Waals surface area contributed by atoms with E-state index >= 15 is 0 Å². The molecule has 0 atom stereocenters. The lowest BCUT2D eigenvalue weighted by molar-refractivity contribution is 0.0954. The summed E-state index contributed by atoms with van der Waals surface area (Å²) in [5.41, 5.74) is 1.16. The van der Waals surface area contributed by atoms with Gasteiger partial charge in [0.15, 0.2) is 0 Å². The Hall–Kier alpha value is -1.55. The fraction of sp³-hybridized carbons (Fsp3) is 0.462. The van der Waals surface area contributed by atoms with Crippen molar-refractivity contribution >= 4 is 6.03 Å². The zero-order valence-electron chi connectivity index (χ0n) is 9.89. The van der Waals surface area contributed by atoms with E-state index in [0.29, 0.717) is 19.8 Å². The molecule has 92 valence electrons. The largest absolute Gasteiger partial charge is 0.375 e. The third-order valence-corrected chi connectivity index (χ3v) is 2.79. The van der Waals surface area contributed by atoms with Crippen LogP contribution in [0.5, 0.6) is 0 Å². The number of amides is 2. The van der Waals surface area contributed by atoms with Gasteiger partial charge in [-0.1, -0.05) is 30.3 Å². The van der Waals surface area contributed by atoms with Gasteiger partial charge in [-0.3, -0.25) is 0 Å². The van der Waals surface area contributed by atoms with Crippen molar-refractivity contribution in [1.82, 2.24) is 10.2 Å². The number of benzene rings is 1. The third-order valence-electron chi connectivity index (χ3n) is 2.79. The van der Waals surface area contributed by atoms with Crippen LogP contribution in [0.2, 0.25) is 0 Å². The Labute approximate surface area is 102 Å². The van der Waals surface area contributed by atoms with Crippen LogP contribution < -0.4 is 5.32 Å². The molecule has 0 unspecified atom stereocenters. The Morgan fingerprint density at radius 2 is 2.12 bits per heavy atom. The molecule has 1 aromatic rings. The van der Waals surface area contributed by atoms with Crippen molar-refractivity contribution in [3.05, 3.63) is 35.9 Å². The zero-order chi connectivity index (χ0) is 11.9. The van der Waals surface area contributed by atoms with Crippen LogP contribution >= 0.6 is 0 Å². The topological polar surface area (TPSA) is 41.6 Å². The van der Waals surface area contributed by atoms with E-state index in [1.807, 2.05) is 30.3 Å². The zero-order valence-corrected chi connectivity index (χ0v) is 9.89. The maximum atomic E-state index is 11.4. The molecule has 1 N–H and O–H groups in total. The first-order chi connectivity index (χ1) is 8.36. The van der Waals surface area contributed by atoms with Crippen molar-refractivity contribution in [3.8, 4) is 0 Å². The predicted molar refractivity (Wildman–Crippen MR) is 65.7 cm³/mol.